The molecule has 0 saturated carbocycles. The van der Waals surface area contributed by atoms with Gasteiger partial charge in [-0.25, -0.2) is 0 Å². The molecule has 6 heteroatoms. The third kappa shape index (κ3) is 20.7. The zero-order valence-corrected chi connectivity index (χ0v) is 27.1. The molecule has 0 N–H and O–H groups in total. The van der Waals surface area contributed by atoms with E-state index in [1.54, 1.807) is 0 Å². The summed E-state index contributed by atoms with van der Waals surface area (Å²) in [6.07, 6.45) is 0. The summed E-state index contributed by atoms with van der Waals surface area (Å²) in [4.78, 5) is 9.90. The van der Waals surface area contributed by atoms with Crippen LogP contribution in [0.1, 0.15) is 96.9 Å². The van der Waals surface area contributed by atoms with Crippen molar-refractivity contribution in [2.24, 2.45) is 0 Å². The van der Waals surface area contributed by atoms with Crippen LogP contribution in [-0.2, 0) is 16.8 Å². The largest absolute Gasteiger partial charge is 3.00 e. The Morgan fingerprint density at radius 1 is 0.500 bits per heavy atom. The number of hydrogen-bond acceptors (Lipinski definition) is 0. The van der Waals surface area contributed by atoms with E-state index in [0.29, 0.717) is 10.1 Å². The maximum atomic E-state index is 4.95. The predicted octanol–water partition coefficient (Wildman–Crippen LogP) is 9.72. The molecule has 0 atom stereocenters. The molecule has 0 rings (SSSR count). The Kier molecular flexibility index (Phi) is 18.0. The van der Waals surface area contributed by atoms with E-state index in [2.05, 4.69) is 115 Å². The van der Waals surface area contributed by atoms with Crippen molar-refractivity contribution in [3.05, 3.63) is 15.3 Å². The molecule has 0 radical (unpaired) electrons. The van der Waals surface area contributed by atoms with Crippen LogP contribution < -0.4 is 0 Å². The minimum atomic E-state index is -1.42. The van der Waals surface area contributed by atoms with Crippen molar-refractivity contribution in [2.45, 2.75) is 144 Å². The normalized spacial score (nSPS) is 13.4. The fraction of sp³-hybridized carbons (Fsp3) is 1.00. The first-order chi connectivity index (χ1) is 12.3. The van der Waals surface area contributed by atoms with E-state index < -0.39 is 16.5 Å². The second kappa shape index (κ2) is 14.2. The van der Waals surface area contributed by atoms with Crippen LogP contribution in [0.3, 0.4) is 0 Å². The first-order valence-electron chi connectivity index (χ1n) is 11.4. The fourth-order valence-electron chi connectivity index (χ4n) is 2.24. The van der Waals surface area contributed by atoms with Crippen molar-refractivity contribution in [2.75, 3.05) is 13.1 Å². The molecule has 3 nitrogen and oxygen atoms in total. The number of hydrogen-bond donors (Lipinski definition) is 0. The molecular formula is C24H58CoN3Si2. The van der Waals surface area contributed by atoms with E-state index in [1.165, 1.54) is 0 Å². The van der Waals surface area contributed by atoms with Crippen molar-refractivity contribution >= 4 is 16.5 Å². The molecule has 186 valence electrons. The second-order valence-electron chi connectivity index (χ2n) is 13.0. The van der Waals surface area contributed by atoms with Crippen molar-refractivity contribution in [3.8, 4) is 0 Å². The summed E-state index contributed by atoms with van der Waals surface area (Å²) in [7, 11) is -2.83. The average Bonchev–Trinajstić information content (AvgIpc) is 2.32. The Balaban J connectivity index is -0.000000180. The molecule has 0 aliphatic heterocycles. The summed E-state index contributed by atoms with van der Waals surface area (Å²) in [5.41, 5.74) is 0.256. The van der Waals surface area contributed by atoms with Crippen LogP contribution in [-0.4, -0.2) is 40.6 Å². The van der Waals surface area contributed by atoms with E-state index in [4.69, 9.17) is 9.96 Å². The van der Waals surface area contributed by atoms with Crippen LogP contribution in [0.25, 0.3) is 15.3 Å². The molecule has 0 unspecified atom stereocenters. The van der Waals surface area contributed by atoms with Crippen molar-refractivity contribution < 1.29 is 16.8 Å². The zero-order chi connectivity index (χ0) is 24.5. The molecule has 0 bridgehead atoms. The maximum Gasteiger partial charge on any atom is 3.00 e. The summed E-state index contributed by atoms with van der Waals surface area (Å²) in [5.74, 6) is 0. The summed E-state index contributed by atoms with van der Waals surface area (Å²) in [6, 6.07) is 0. The van der Waals surface area contributed by atoms with E-state index in [9.17, 15) is 0 Å². The van der Waals surface area contributed by atoms with Gasteiger partial charge in [0.15, 0.2) is 0 Å². The average molecular weight is 504 g/mol. The van der Waals surface area contributed by atoms with E-state index >= 15 is 0 Å². The van der Waals surface area contributed by atoms with Crippen LogP contribution in [0.5, 0.6) is 0 Å². The van der Waals surface area contributed by atoms with Gasteiger partial charge in [0.25, 0.3) is 0 Å². The SMILES string of the molecule is CC(C)(C)[N-][Si](C)(C)C(C)(C)C.CC(C)(C)[N-][Si](C)(C)C(C)(C)C.CC[N-]CC.[Co+3]. The van der Waals surface area contributed by atoms with Crippen LogP contribution >= 0.6 is 0 Å². The first-order valence-corrected chi connectivity index (χ1v) is 17.3. The fourth-order valence-corrected chi connectivity index (χ4v) is 6.26. The van der Waals surface area contributed by atoms with Crippen molar-refractivity contribution in [3.63, 3.8) is 0 Å². The molecule has 0 aliphatic rings. The molecule has 0 aromatic heterocycles. The van der Waals surface area contributed by atoms with Crippen LogP contribution in [0.15, 0.2) is 0 Å². The Hall–Kier alpha value is 0.820. The number of nitrogens with zero attached hydrogens (tertiary/aromatic N) is 3. The standard InChI is InChI=1S/2C10H24NSi.C4H10N.Co/c2*1-9(2,3)11-12(7,8)10(4,5)6;1-3-5-4-2;/h2*1-8H3;3-4H2,1-2H3;/q3*-1;+3. The molecule has 0 aliphatic carbocycles. The van der Waals surface area contributed by atoms with Gasteiger partial charge in [-0.05, 0) is 0 Å². The molecule has 0 fully saturated rings. The Morgan fingerprint density at radius 3 is 0.733 bits per heavy atom. The minimum absolute atomic E-state index is 0. The van der Waals surface area contributed by atoms with E-state index in [-0.39, 0.29) is 27.9 Å². The summed E-state index contributed by atoms with van der Waals surface area (Å²) >= 11 is 0. The van der Waals surface area contributed by atoms with Crippen LogP contribution in [0, 0.1) is 0 Å². The smallest absolute Gasteiger partial charge is 0.663 e. The van der Waals surface area contributed by atoms with Crippen LogP contribution in [0.2, 0.25) is 36.3 Å². The molecule has 0 spiro atoms. The quantitative estimate of drug-likeness (QED) is 0.343. The molecule has 0 amide bonds. The van der Waals surface area contributed by atoms with Gasteiger partial charge in [-0.1, -0.05) is 150 Å². The third-order valence-electron chi connectivity index (χ3n) is 5.35. The van der Waals surface area contributed by atoms with Crippen LogP contribution in [0.4, 0.5) is 0 Å². The predicted molar refractivity (Wildman–Crippen MR) is 145 cm³/mol. The topological polar surface area (TPSA) is 42.3 Å². The summed E-state index contributed by atoms with van der Waals surface area (Å²) < 4.78 is 0. The van der Waals surface area contributed by atoms with Crippen molar-refractivity contribution in [1.82, 2.24) is 0 Å². The third-order valence-corrected chi connectivity index (χ3v) is 15.1. The molecule has 30 heavy (non-hydrogen) atoms. The van der Waals surface area contributed by atoms with Crippen molar-refractivity contribution in [1.29, 1.82) is 0 Å². The molecular weight excluding hydrogens is 445 g/mol. The summed E-state index contributed by atoms with van der Waals surface area (Å²) in [5, 5.41) is 4.72. The first kappa shape index (κ1) is 38.1. The zero-order valence-electron chi connectivity index (χ0n) is 24.1. The monoisotopic (exact) mass is 503 g/mol. The second-order valence-corrected chi connectivity index (χ2v) is 22.7. The molecule has 0 saturated heterocycles. The number of rotatable bonds is 4. The van der Waals surface area contributed by atoms with Gasteiger partial charge in [-0.15, -0.1) is 11.1 Å². The van der Waals surface area contributed by atoms with E-state index in [0.717, 1.165) is 13.1 Å². The van der Waals surface area contributed by atoms with Gasteiger partial charge in [-0.3, -0.25) is 0 Å². The minimum Gasteiger partial charge on any atom is -0.663 e. The Labute approximate surface area is 205 Å². The Morgan fingerprint density at radius 2 is 0.700 bits per heavy atom. The van der Waals surface area contributed by atoms with Gasteiger partial charge < -0.3 is 15.3 Å². The maximum absolute atomic E-state index is 4.95. The molecule has 0 aromatic rings. The van der Waals surface area contributed by atoms with Gasteiger partial charge in [0, 0.05) is 0 Å². The molecule has 0 heterocycles. The summed E-state index contributed by atoms with van der Waals surface area (Å²) in [6.45, 7) is 42.3. The van der Waals surface area contributed by atoms with Gasteiger partial charge >= 0.3 is 16.8 Å². The van der Waals surface area contributed by atoms with Gasteiger partial charge in [0.05, 0.1) is 0 Å². The van der Waals surface area contributed by atoms with Gasteiger partial charge in [0.2, 0.25) is 0 Å². The van der Waals surface area contributed by atoms with Gasteiger partial charge in [-0.2, -0.15) is 13.1 Å². The Bertz CT molecular complexity index is 384. The van der Waals surface area contributed by atoms with E-state index in [1.807, 2.05) is 13.8 Å². The molecule has 0 aromatic carbocycles. The van der Waals surface area contributed by atoms with Gasteiger partial charge in [0.1, 0.15) is 0 Å².